The molecule has 3 rings (SSSR count). The Morgan fingerprint density at radius 3 is 1.69 bits per heavy atom. The summed E-state index contributed by atoms with van der Waals surface area (Å²) in [7, 11) is 0. The minimum absolute atomic E-state index is 0.361. The van der Waals surface area contributed by atoms with Gasteiger partial charge in [0.25, 0.3) is 0 Å². The van der Waals surface area contributed by atoms with Crippen LogP contribution in [-0.2, 0) is 0 Å². The molecule has 0 aromatic heterocycles. The predicted octanol–water partition coefficient (Wildman–Crippen LogP) is 4.74. The molecule has 0 aliphatic rings. The first kappa shape index (κ1) is 17.4. The fourth-order valence-corrected chi connectivity index (χ4v) is 2.54. The minimum Gasteiger partial charge on any atom is -0.423 e. The molecule has 4 nitrogen and oxygen atoms in total. The number of hydrogen-bond donors (Lipinski definition) is 0. The second-order valence-electron chi connectivity index (χ2n) is 5.85. The van der Waals surface area contributed by atoms with Crippen molar-refractivity contribution >= 4 is 11.9 Å². The molecule has 0 saturated heterocycles. The first-order valence-electron chi connectivity index (χ1n) is 8.21. The molecule has 3 aromatic rings. The summed E-state index contributed by atoms with van der Waals surface area (Å²) in [4.78, 5) is 24.6. The van der Waals surface area contributed by atoms with Gasteiger partial charge in [-0.25, -0.2) is 9.59 Å². The normalized spacial score (nSPS) is 10.2. The zero-order valence-electron chi connectivity index (χ0n) is 14.6. The Bertz CT molecular complexity index is 931. The van der Waals surface area contributed by atoms with Crippen LogP contribution < -0.4 is 9.47 Å². The second-order valence-corrected chi connectivity index (χ2v) is 5.85. The van der Waals surface area contributed by atoms with E-state index in [1.165, 1.54) is 0 Å². The van der Waals surface area contributed by atoms with E-state index in [1.54, 1.807) is 67.6 Å². The van der Waals surface area contributed by atoms with Crippen LogP contribution in [0.15, 0.2) is 72.8 Å². The molecule has 0 radical (unpaired) electrons. The van der Waals surface area contributed by atoms with Gasteiger partial charge in [-0.3, -0.25) is 0 Å². The second kappa shape index (κ2) is 7.66. The van der Waals surface area contributed by atoms with Crippen LogP contribution in [0, 0.1) is 13.8 Å². The largest absolute Gasteiger partial charge is 0.423 e. The Hall–Kier alpha value is -3.40. The van der Waals surface area contributed by atoms with Gasteiger partial charge in [0.05, 0.1) is 11.1 Å². The Balaban J connectivity index is 1.85. The van der Waals surface area contributed by atoms with E-state index in [1.807, 2.05) is 19.1 Å². The van der Waals surface area contributed by atoms with Crippen molar-refractivity contribution in [2.45, 2.75) is 13.8 Å². The molecule has 0 spiro atoms. The average Bonchev–Trinajstić information content (AvgIpc) is 2.68. The Morgan fingerprint density at radius 1 is 0.654 bits per heavy atom. The number of hydrogen-bond acceptors (Lipinski definition) is 4. The highest BCUT2D eigenvalue weighted by Gasteiger charge is 2.17. The van der Waals surface area contributed by atoms with Crippen LogP contribution in [0.4, 0.5) is 0 Å². The van der Waals surface area contributed by atoms with Crippen molar-refractivity contribution in [3.05, 3.63) is 95.1 Å². The SMILES string of the molecule is Cc1ccc(OC(=O)c2ccccc2)c(C)c1OC(=O)c1ccccc1. The molecule has 0 amide bonds. The minimum atomic E-state index is -0.460. The molecule has 26 heavy (non-hydrogen) atoms. The third-order valence-electron chi connectivity index (χ3n) is 3.97. The number of aryl methyl sites for hydroxylation is 1. The molecule has 0 N–H and O–H groups in total. The molecular formula is C22H18O4. The predicted molar refractivity (Wildman–Crippen MR) is 98.7 cm³/mol. The topological polar surface area (TPSA) is 52.6 Å². The molecule has 0 aliphatic heterocycles. The molecule has 4 heteroatoms. The molecule has 0 fully saturated rings. The standard InChI is InChI=1S/C22H18O4/c1-15-13-14-19(25-21(23)17-9-5-3-6-10-17)16(2)20(15)26-22(24)18-11-7-4-8-12-18/h3-14H,1-2H3. The van der Waals surface area contributed by atoms with Crippen LogP contribution in [0.2, 0.25) is 0 Å². The van der Waals surface area contributed by atoms with Gasteiger partial charge >= 0.3 is 11.9 Å². The van der Waals surface area contributed by atoms with Crippen molar-refractivity contribution in [3.8, 4) is 11.5 Å². The lowest BCUT2D eigenvalue weighted by molar-refractivity contribution is 0.0729. The fraction of sp³-hybridized carbons (Fsp3) is 0.0909. The van der Waals surface area contributed by atoms with Gasteiger partial charge in [-0.05, 0) is 49.7 Å². The van der Waals surface area contributed by atoms with Gasteiger partial charge in [-0.2, -0.15) is 0 Å². The monoisotopic (exact) mass is 346 g/mol. The molecule has 0 atom stereocenters. The van der Waals surface area contributed by atoms with Crippen molar-refractivity contribution in [2.75, 3.05) is 0 Å². The lowest BCUT2D eigenvalue weighted by atomic mass is 10.1. The number of esters is 2. The Morgan fingerprint density at radius 2 is 1.15 bits per heavy atom. The van der Waals surface area contributed by atoms with Crippen LogP contribution in [0.1, 0.15) is 31.8 Å². The maximum absolute atomic E-state index is 12.3. The van der Waals surface area contributed by atoms with E-state index in [2.05, 4.69) is 0 Å². The van der Waals surface area contributed by atoms with E-state index >= 15 is 0 Å². The average molecular weight is 346 g/mol. The lowest BCUT2D eigenvalue weighted by Gasteiger charge is -2.14. The molecule has 0 bridgehead atoms. The fourth-order valence-electron chi connectivity index (χ4n) is 2.54. The summed E-state index contributed by atoms with van der Waals surface area (Å²) in [5, 5.41) is 0. The van der Waals surface area contributed by atoms with Crippen LogP contribution in [0.3, 0.4) is 0 Å². The summed E-state index contributed by atoms with van der Waals surface area (Å²) >= 11 is 0. The third kappa shape index (κ3) is 3.81. The highest BCUT2D eigenvalue weighted by molar-refractivity contribution is 5.92. The first-order chi connectivity index (χ1) is 12.6. The summed E-state index contributed by atoms with van der Waals surface area (Å²) in [6, 6.07) is 20.9. The van der Waals surface area contributed by atoms with Gasteiger partial charge in [0.15, 0.2) is 0 Å². The Kier molecular flexibility index (Phi) is 5.13. The van der Waals surface area contributed by atoms with Crippen LogP contribution in [0.5, 0.6) is 11.5 Å². The third-order valence-corrected chi connectivity index (χ3v) is 3.97. The molecule has 0 unspecified atom stereocenters. The van der Waals surface area contributed by atoms with Crippen molar-refractivity contribution in [3.63, 3.8) is 0 Å². The van der Waals surface area contributed by atoms with E-state index in [0.29, 0.717) is 28.2 Å². The summed E-state index contributed by atoms with van der Waals surface area (Å²) in [6.07, 6.45) is 0. The Labute approximate surface area is 152 Å². The maximum atomic E-state index is 12.3. The lowest BCUT2D eigenvalue weighted by Crippen LogP contribution is -2.12. The number of carbonyl (C=O) groups is 2. The number of carbonyl (C=O) groups excluding carboxylic acids is 2. The van der Waals surface area contributed by atoms with Crippen molar-refractivity contribution in [1.82, 2.24) is 0 Å². The highest BCUT2D eigenvalue weighted by Crippen LogP contribution is 2.32. The molecule has 130 valence electrons. The number of benzene rings is 3. The molecule has 0 aliphatic carbocycles. The molecule has 3 aromatic carbocycles. The molecule has 0 saturated carbocycles. The summed E-state index contributed by atoms with van der Waals surface area (Å²) < 4.78 is 11.0. The maximum Gasteiger partial charge on any atom is 0.343 e. The van der Waals surface area contributed by atoms with E-state index in [9.17, 15) is 9.59 Å². The summed E-state index contributed by atoms with van der Waals surface area (Å²) in [5.41, 5.74) is 2.29. The zero-order chi connectivity index (χ0) is 18.5. The van der Waals surface area contributed by atoms with Crippen LogP contribution in [0.25, 0.3) is 0 Å². The van der Waals surface area contributed by atoms with Crippen molar-refractivity contribution < 1.29 is 19.1 Å². The van der Waals surface area contributed by atoms with Gasteiger partial charge in [-0.1, -0.05) is 42.5 Å². The molecule has 0 heterocycles. The smallest absolute Gasteiger partial charge is 0.343 e. The van der Waals surface area contributed by atoms with Crippen molar-refractivity contribution in [1.29, 1.82) is 0 Å². The first-order valence-corrected chi connectivity index (χ1v) is 8.21. The van der Waals surface area contributed by atoms with Gasteiger partial charge in [0, 0.05) is 5.56 Å². The van der Waals surface area contributed by atoms with E-state index in [4.69, 9.17) is 9.47 Å². The van der Waals surface area contributed by atoms with E-state index in [0.717, 1.165) is 5.56 Å². The molecular weight excluding hydrogens is 328 g/mol. The zero-order valence-corrected chi connectivity index (χ0v) is 14.6. The van der Waals surface area contributed by atoms with Gasteiger partial charge < -0.3 is 9.47 Å². The van der Waals surface area contributed by atoms with Crippen molar-refractivity contribution in [2.24, 2.45) is 0 Å². The summed E-state index contributed by atoms with van der Waals surface area (Å²) in [5.74, 6) is -0.154. The van der Waals surface area contributed by atoms with Gasteiger partial charge in [0.1, 0.15) is 11.5 Å². The van der Waals surface area contributed by atoms with Crippen LogP contribution in [-0.4, -0.2) is 11.9 Å². The van der Waals surface area contributed by atoms with Crippen LogP contribution >= 0.6 is 0 Å². The van der Waals surface area contributed by atoms with E-state index in [-0.39, 0.29) is 0 Å². The highest BCUT2D eigenvalue weighted by atomic mass is 16.5. The van der Waals surface area contributed by atoms with Gasteiger partial charge in [0.2, 0.25) is 0 Å². The summed E-state index contributed by atoms with van der Waals surface area (Å²) in [6.45, 7) is 3.59. The van der Waals surface area contributed by atoms with E-state index < -0.39 is 11.9 Å². The number of rotatable bonds is 4. The van der Waals surface area contributed by atoms with Gasteiger partial charge in [-0.15, -0.1) is 0 Å². The quantitative estimate of drug-likeness (QED) is 0.506. The number of ether oxygens (including phenoxy) is 2.